The zero-order valence-electron chi connectivity index (χ0n) is 17.8. The number of carbonyl (C=O) groups excluding carboxylic acids is 2. The van der Waals surface area contributed by atoms with Crippen LogP contribution in [0, 0.1) is 26.7 Å². The molecule has 2 aromatic rings. The first-order valence-corrected chi connectivity index (χ1v) is 10.9. The second-order valence-electron chi connectivity index (χ2n) is 7.83. The molecule has 0 atom stereocenters. The molecule has 1 aliphatic rings. The maximum Gasteiger partial charge on any atom is 0.233 e. The second-order valence-corrected chi connectivity index (χ2v) is 8.77. The Kier molecular flexibility index (Phi) is 6.62. The zero-order valence-corrected chi connectivity index (χ0v) is 18.6. The van der Waals surface area contributed by atoms with Crippen molar-refractivity contribution in [3.05, 3.63) is 35.2 Å². The molecule has 1 aromatic carbocycles. The van der Waals surface area contributed by atoms with Crippen LogP contribution in [0.2, 0.25) is 0 Å². The van der Waals surface area contributed by atoms with Gasteiger partial charge < -0.3 is 9.80 Å². The predicted molar refractivity (Wildman–Crippen MR) is 114 cm³/mol. The number of hydrogen-bond donors (Lipinski definition) is 0. The van der Waals surface area contributed by atoms with E-state index in [4.69, 9.17) is 0 Å². The van der Waals surface area contributed by atoms with Crippen molar-refractivity contribution in [3.8, 4) is 5.69 Å². The normalized spacial score (nSPS) is 14.9. The van der Waals surface area contributed by atoms with Crippen molar-refractivity contribution in [3.63, 3.8) is 0 Å². The molecule has 1 saturated heterocycles. The van der Waals surface area contributed by atoms with Gasteiger partial charge in [0.1, 0.15) is 5.82 Å². The number of carbonyl (C=O) groups is 2. The van der Waals surface area contributed by atoms with E-state index >= 15 is 0 Å². The summed E-state index contributed by atoms with van der Waals surface area (Å²) >= 11 is 1.41. The molecule has 0 radical (unpaired) electrons. The topological polar surface area (TPSA) is 71.3 Å². The Bertz CT molecular complexity index is 900. The van der Waals surface area contributed by atoms with Gasteiger partial charge in [-0.3, -0.25) is 14.2 Å². The van der Waals surface area contributed by atoms with E-state index in [1.807, 2.05) is 16.4 Å². The maximum absolute atomic E-state index is 12.7. The number of hydrogen-bond acceptors (Lipinski definition) is 5. The molecule has 0 spiro atoms. The van der Waals surface area contributed by atoms with Gasteiger partial charge in [-0.25, -0.2) is 0 Å². The van der Waals surface area contributed by atoms with E-state index in [1.54, 1.807) is 19.0 Å². The molecule has 1 aliphatic heterocycles. The Morgan fingerprint density at radius 2 is 1.83 bits per heavy atom. The Hall–Kier alpha value is -2.35. The van der Waals surface area contributed by atoms with Gasteiger partial charge in [-0.15, -0.1) is 10.2 Å². The monoisotopic (exact) mass is 415 g/mol. The van der Waals surface area contributed by atoms with Crippen molar-refractivity contribution in [2.75, 3.05) is 32.9 Å². The van der Waals surface area contributed by atoms with Crippen molar-refractivity contribution < 1.29 is 9.59 Å². The van der Waals surface area contributed by atoms with Gasteiger partial charge in [0, 0.05) is 33.1 Å². The predicted octanol–water partition coefficient (Wildman–Crippen LogP) is 2.61. The quantitative estimate of drug-likeness (QED) is 0.702. The number of rotatable bonds is 5. The first-order valence-electron chi connectivity index (χ1n) is 9.89. The highest BCUT2D eigenvalue weighted by molar-refractivity contribution is 7.99. The lowest BCUT2D eigenvalue weighted by atomic mass is 9.95. The average molecular weight is 416 g/mol. The van der Waals surface area contributed by atoms with Crippen molar-refractivity contribution >= 4 is 23.6 Å². The van der Waals surface area contributed by atoms with Gasteiger partial charge in [-0.1, -0.05) is 23.9 Å². The molecule has 0 unspecified atom stereocenters. The number of nitrogens with zero attached hydrogens (tertiary/aromatic N) is 5. The van der Waals surface area contributed by atoms with Gasteiger partial charge in [0.25, 0.3) is 0 Å². The summed E-state index contributed by atoms with van der Waals surface area (Å²) in [6.45, 7) is 7.31. The number of thioether (sulfide) groups is 1. The van der Waals surface area contributed by atoms with E-state index in [0.717, 1.165) is 35.1 Å². The summed E-state index contributed by atoms with van der Waals surface area (Å²) in [5.41, 5.74) is 3.35. The van der Waals surface area contributed by atoms with Crippen molar-refractivity contribution in [1.29, 1.82) is 0 Å². The minimum atomic E-state index is 0.0248. The van der Waals surface area contributed by atoms with E-state index in [2.05, 4.69) is 42.2 Å². The van der Waals surface area contributed by atoms with E-state index in [0.29, 0.717) is 18.8 Å². The molecule has 0 aliphatic carbocycles. The molecule has 0 bridgehead atoms. The van der Waals surface area contributed by atoms with Gasteiger partial charge in [0.15, 0.2) is 5.16 Å². The van der Waals surface area contributed by atoms with Gasteiger partial charge in [-0.05, 0) is 50.8 Å². The summed E-state index contributed by atoms with van der Waals surface area (Å²) in [7, 11) is 3.56. The number of aryl methyl sites for hydroxylation is 3. The number of benzene rings is 1. The van der Waals surface area contributed by atoms with Crippen LogP contribution in [0.4, 0.5) is 0 Å². The zero-order chi connectivity index (χ0) is 21.1. The van der Waals surface area contributed by atoms with Gasteiger partial charge in [0.05, 0.1) is 11.4 Å². The minimum absolute atomic E-state index is 0.0248. The SMILES string of the molecule is Cc1ccc(C)c(-n2c(C)nnc2SCC(=O)N2CCC(C(=O)N(C)C)CC2)c1. The summed E-state index contributed by atoms with van der Waals surface area (Å²) in [6, 6.07) is 6.28. The first-order chi connectivity index (χ1) is 13.8. The standard InChI is InChI=1S/C21H29N5O2S/c1-14-6-7-15(2)18(12-14)26-16(3)22-23-21(26)29-13-19(27)25-10-8-17(9-11-25)20(28)24(4)5/h6-7,12,17H,8-11,13H2,1-5H3. The number of piperidine rings is 1. The van der Waals surface area contributed by atoms with Crippen LogP contribution < -0.4 is 0 Å². The lowest BCUT2D eigenvalue weighted by Crippen LogP contribution is -2.43. The molecule has 156 valence electrons. The van der Waals surface area contributed by atoms with Crippen LogP contribution in [0.3, 0.4) is 0 Å². The Labute approximate surface area is 176 Å². The van der Waals surface area contributed by atoms with E-state index < -0.39 is 0 Å². The first kappa shape index (κ1) is 21.4. The summed E-state index contributed by atoms with van der Waals surface area (Å²) in [5.74, 6) is 1.38. The third-order valence-electron chi connectivity index (χ3n) is 5.36. The highest BCUT2D eigenvalue weighted by atomic mass is 32.2. The molecule has 0 saturated carbocycles. The van der Waals surface area contributed by atoms with Crippen LogP contribution in [0.1, 0.15) is 29.8 Å². The summed E-state index contributed by atoms with van der Waals surface area (Å²) < 4.78 is 2.02. The molecule has 1 aromatic heterocycles. The van der Waals surface area contributed by atoms with Crippen LogP contribution in [0.15, 0.2) is 23.4 Å². The third kappa shape index (κ3) is 4.80. The molecule has 1 fully saturated rings. The van der Waals surface area contributed by atoms with Crippen molar-refractivity contribution in [2.45, 2.75) is 38.8 Å². The fourth-order valence-corrected chi connectivity index (χ4v) is 4.53. The van der Waals surface area contributed by atoms with Crippen molar-refractivity contribution in [1.82, 2.24) is 24.6 Å². The number of aromatic nitrogens is 3. The fraction of sp³-hybridized carbons (Fsp3) is 0.524. The smallest absolute Gasteiger partial charge is 0.233 e. The molecule has 3 rings (SSSR count). The Balaban J connectivity index is 1.64. The molecule has 7 nitrogen and oxygen atoms in total. The summed E-state index contributed by atoms with van der Waals surface area (Å²) in [5, 5.41) is 9.24. The summed E-state index contributed by atoms with van der Waals surface area (Å²) in [4.78, 5) is 28.3. The number of likely N-dealkylation sites (tertiary alicyclic amines) is 1. The van der Waals surface area contributed by atoms with Gasteiger partial charge in [-0.2, -0.15) is 0 Å². The molecule has 2 amide bonds. The lowest BCUT2D eigenvalue weighted by molar-refractivity contribution is -0.138. The Morgan fingerprint density at radius 1 is 1.14 bits per heavy atom. The molecular weight excluding hydrogens is 386 g/mol. The minimum Gasteiger partial charge on any atom is -0.349 e. The molecule has 2 heterocycles. The average Bonchev–Trinajstić information content (AvgIpc) is 3.07. The lowest BCUT2D eigenvalue weighted by Gasteiger charge is -2.32. The van der Waals surface area contributed by atoms with Crippen LogP contribution >= 0.6 is 11.8 Å². The van der Waals surface area contributed by atoms with Crippen LogP contribution in [-0.4, -0.2) is 69.3 Å². The largest absolute Gasteiger partial charge is 0.349 e. The summed E-state index contributed by atoms with van der Waals surface area (Å²) in [6.07, 6.45) is 1.45. The van der Waals surface area contributed by atoms with Gasteiger partial charge in [0.2, 0.25) is 11.8 Å². The highest BCUT2D eigenvalue weighted by Crippen LogP contribution is 2.26. The van der Waals surface area contributed by atoms with E-state index in [9.17, 15) is 9.59 Å². The van der Waals surface area contributed by atoms with Crippen LogP contribution in [-0.2, 0) is 9.59 Å². The maximum atomic E-state index is 12.7. The molecular formula is C21H29N5O2S. The number of amides is 2. The van der Waals surface area contributed by atoms with Crippen LogP contribution in [0.25, 0.3) is 5.69 Å². The molecule has 8 heteroatoms. The van der Waals surface area contributed by atoms with E-state index in [-0.39, 0.29) is 17.7 Å². The Morgan fingerprint density at radius 3 is 2.48 bits per heavy atom. The highest BCUT2D eigenvalue weighted by Gasteiger charge is 2.28. The fourth-order valence-electron chi connectivity index (χ4n) is 3.63. The second kappa shape index (κ2) is 8.98. The third-order valence-corrected chi connectivity index (χ3v) is 6.28. The van der Waals surface area contributed by atoms with Crippen LogP contribution in [0.5, 0.6) is 0 Å². The molecule has 29 heavy (non-hydrogen) atoms. The van der Waals surface area contributed by atoms with Gasteiger partial charge >= 0.3 is 0 Å². The molecule has 0 N–H and O–H groups in total. The van der Waals surface area contributed by atoms with Crippen molar-refractivity contribution in [2.24, 2.45) is 5.92 Å². The van der Waals surface area contributed by atoms with E-state index in [1.165, 1.54) is 17.3 Å².